The zero-order chi connectivity index (χ0) is 28.1. The number of aliphatic hydroxyl groups is 1. The quantitative estimate of drug-likeness (QED) is 0.210. The van der Waals surface area contributed by atoms with Crippen molar-refractivity contribution in [3.8, 4) is 11.5 Å². The van der Waals surface area contributed by atoms with Crippen LogP contribution in [0.15, 0.2) is 48.5 Å². The molecule has 0 aliphatic carbocycles. The molecule has 0 saturated heterocycles. The summed E-state index contributed by atoms with van der Waals surface area (Å²) in [7, 11) is 0. The molecule has 1 N–H and O–H groups in total. The van der Waals surface area contributed by atoms with Crippen molar-refractivity contribution in [1.82, 2.24) is 0 Å². The molecule has 0 amide bonds. The number of halogens is 3. The van der Waals surface area contributed by atoms with E-state index in [9.17, 15) is 9.59 Å². The standard InChI is InChI=1S/C13H17BrO3.C13H18O4.CH2Cl2/c2*1-3-12(13(15)16-4-2)17-11-7-5-6-10(8-11)9-14;2-1-3/h5-8,12H,3-4,9H2,1-2H3;5-8,12,14H,3-4,9H2,1-2H3;1H2. The maximum Gasteiger partial charge on any atom is 0.347 e. The van der Waals surface area contributed by atoms with Crippen LogP contribution in [-0.4, -0.2) is 47.8 Å². The Kier molecular flexibility index (Phi) is 20.8. The third kappa shape index (κ3) is 15.1. The van der Waals surface area contributed by atoms with E-state index in [4.69, 9.17) is 47.3 Å². The summed E-state index contributed by atoms with van der Waals surface area (Å²) in [5.41, 5.74) is 1.86. The summed E-state index contributed by atoms with van der Waals surface area (Å²) >= 11 is 12.9. The molecule has 10 heteroatoms. The van der Waals surface area contributed by atoms with Gasteiger partial charge >= 0.3 is 11.9 Å². The zero-order valence-electron chi connectivity index (χ0n) is 21.8. The number of carbonyl (C=O) groups is 2. The van der Waals surface area contributed by atoms with Crippen molar-refractivity contribution in [3.05, 3.63) is 59.7 Å². The molecule has 2 rings (SSSR count). The largest absolute Gasteiger partial charge is 0.479 e. The van der Waals surface area contributed by atoms with Crippen LogP contribution in [0.4, 0.5) is 0 Å². The molecule has 0 saturated carbocycles. The third-order valence-electron chi connectivity index (χ3n) is 4.53. The molecule has 208 valence electrons. The van der Waals surface area contributed by atoms with Gasteiger partial charge in [0.15, 0.2) is 12.2 Å². The van der Waals surface area contributed by atoms with E-state index < -0.39 is 12.2 Å². The molecule has 2 aromatic carbocycles. The monoisotopic (exact) mass is 622 g/mol. The lowest BCUT2D eigenvalue weighted by atomic mass is 10.2. The predicted octanol–water partition coefficient (Wildman–Crippen LogP) is 6.62. The number of carbonyl (C=O) groups excluding carboxylic acids is 2. The number of esters is 2. The number of benzene rings is 2. The molecule has 2 unspecified atom stereocenters. The van der Waals surface area contributed by atoms with Gasteiger partial charge in [0.2, 0.25) is 0 Å². The Morgan fingerprint density at radius 3 is 1.57 bits per heavy atom. The molecule has 0 aromatic heterocycles. The van der Waals surface area contributed by atoms with Crippen LogP contribution < -0.4 is 9.47 Å². The molecule has 7 nitrogen and oxygen atoms in total. The first-order valence-electron chi connectivity index (χ1n) is 12.0. The SMILES string of the molecule is CCOC(=O)C(CC)Oc1cccc(CBr)c1.CCOC(=O)C(CC)Oc1cccc(CO)c1.ClCCl. The van der Waals surface area contributed by atoms with Crippen molar-refractivity contribution in [1.29, 1.82) is 0 Å². The van der Waals surface area contributed by atoms with Crippen molar-refractivity contribution in [2.24, 2.45) is 0 Å². The fourth-order valence-corrected chi connectivity index (χ4v) is 3.16. The Hall–Kier alpha value is -2.00. The third-order valence-corrected chi connectivity index (χ3v) is 5.18. The number of aliphatic hydroxyl groups excluding tert-OH is 1. The van der Waals surface area contributed by atoms with E-state index in [1.165, 1.54) is 0 Å². The molecule has 2 atom stereocenters. The number of alkyl halides is 3. The molecule has 37 heavy (non-hydrogen) atoms. The Bertz CT molecular complexity index is 827. The highest BCUT2D eigenvalue weighted by Crippen LogP contribution is 2.18. The highest BCUT2D eigenvalue weighted by molar-refractivity contribution is 9.08. The highest BCUT2D eigenvalue weighted by Gasteiger charge is 2.20. The van der Waals surface area contributed by atoms with Crippen LogP contribution in [0.2, 0.25) is 0 Å². The van der Waals surface area contributed by atoms with E-state index in [2.05, 4.69) is 15.9 Å². The Balaban J connectivity index is 0.000000633. The molecular weight excluding hydrogens is 587 g/mol. The van der Waals surface area contributed by atoms with Gasteiger partial charge in [0.05, 0.1) is 25.2 Å². The normalized spacial score (nSPS) is 11.5. The second-order valence-corrected chi connectivity index (χ2v) is 8.59. The molecule has 0 bridgehead atoms. The van der Waals surface area contributed by atoms with Crippen LogP contribution in [-0.2, 0) is 31.0 Å². The van der Waals surface area contributed by atoms with Gasteiger partial charge in [-0.25, -0.2) is 9.59 Å². The number of ether oxygens (including phenoxy) is 4. The Labute approximate surface area is 238 Å². The van der Waals surface area contributed by atoms with Crippen molar-refractivity contribution >= 4 is 51.1 Å². The fraction of sp³-hybridized carbons (Fsp3) is 0.481. The van der Waals surface area contributed by atoms with Gasteiger partial charge in [-0.15, -0.1) is 23.2 Å². The summed E-state index contributed by atoms with van der Waals surface area (Å²) < 4.78 is 21.0. The van der Waals surface area contributed by atoms with Crippen molar-refractivity contribution in [3.63, 3.8) is 0 Å². The molecule has 0 radical (unpaired) electrons. The minimum Gasteiger partial charge on any atom is -0.479 e. The Morgan fingerprint density at radius 1 is 0.811 bits per heavy atom. The van der Waals surface area contributed by atoms with E-state index in [0.29, 0.717) is 37.6 Å². The van der Waals surface area contributed by atoms with Gasteiger partial charge in [-0.2, -0.15) is 0 Å². The van der Waals surface area contributed by atoms with E-state index in [1.807, 2.05) is 38.1 Å². The van der Waals surface area contributed by atoms with Gasteiger partial charge < -0.3 is 24.1 Å². The van der Waals surface area contributed by atoms with E-state index in [1.54, 1.807) is 38.1 Å². The number of rotatable bonds is 12. The maximum absolute atomic E-state index is 11.6. The first kappa shape index (κ1) is 35.0. The van der Waals surface area contributed by atoms with Crippen molar-refractivity contribution < 1.29 is 33.6 Å². The van der Waals surface area contributed by atoms with E-state index in [-0.39, 0.29) is 23.9 Å². The molecule has 0 aliphatic heterocycles. The van der Waals surface area contributed by atoms with Crippen LogP contribution >= 0.6 is 39.1 Å². The van der Waals surface area contributed by atoms with Gasteiger partial charge in [0.25, 0.3) is 0 Å². The second-order valence-electron chi connectivity index (χ2n) is 7.22. The molecule has 0 fully saturated rings. The molecule has 0 aliphatic rings. The fourth-order valence-electron chi connectivity index (χ4n) is 2.81. The summed E-state index contributed by atoms with van der Waals surface area (Å²) in [6, 6.07) is 14.7. The van der Waals surface area contributed by atoms with Crippen LogP contribution in [0.1, 0.15) is 51.7 Å². The van der Waals surface area contributed by atoms with Crippen molar-refractivity contribution in [2.75, 3.05) is 18.6 Å². The van der Waals surface area contributed by atoms with Gasteiger partial charge in [0.1, 0.15) is 11.5 Å². The summed E-state index contributed by atoms with van der Waals surface area (Å²) in [5.74, 6) is 0.599. The summed E-state index contributed by atoms with van der Waals surface area (Å²) in [6.45, 7) is 7.98. The maximum atomic E-state index is 11.6. The topological polar surface area (TPSA) is 91.3 Å². The minimum atomic E-state index is -0.594. The first-order valence-corrected chi connectivity index (χ1v) is 14.2. The number of hydrogen-bond donors (Lipinski definition) is 1. The highest BCUT2D eigenvalue weighted by atomic mass is 79.9. The van der Waals surface area contributed by atoms with Crippen LogP contribution in [0.5, 0.6) is 11.5 Å². The lowest BCUT2D eigenvalue weighted by molar-refractivity contribution is -0.152. The zero-order valence-corrected chi connectivity index (χ0v) is 24.9. The summed E-state index contributed by atoms with van der Waals surface area (Å²) in [5, 5.41) is 9.96. The molecule has 0 spiro atoms. The molecule has 2 aromatic rings. The van der Waals surface area contributed by atoms with E-state index >= 15 is 0 Å². The summed E-state index contributed by atoms with van der Waals surface area (Å²) in [4.78, 5) is 23.1. The van der Waals surface area contributed by atoms with Gasteiger partial charge in [-0.3, -0.25) is 0 Å². The second kappa shape index (κ2) is 22.0. The Morgan fingerprint density at radius 2 is 1.22 bits per heavy atom. The smallest absolute Gasteiger partial charge is 0.347 e. The van der Waals surface area contributed by atoms with Crippen molar-refractivity contribution in [2.45, 2.75) is 64.7 Å². The average molecular weight is 624 g/mol. The van der Waals surface area contributed by atoms with Gasteiger partial charge in [-0.05, 0) is 62.1 Å². The minimum absolute atomic E-state index is 0.0482. The lowest BCUT2D eigenvalue weighted by Gasteiger charge is -2.16. The number of hydrogen-bond acceptors (Lipinski definition) is 7. The van der Waals surface area contributed by atoms with Gasteiger partial charge in [-0.1, -0.05) is 54.0 Å². The predicted molar refractivity (Wildman–Crippen MR) is 151 cm³/mol. The van der Waals surface area contributed by atoms with Crippen LogP contribution in [0.25, 0.3) is 0 Å². The lowest BCUT2D eigenvalue weighted by Crippen LogP contribution is -2.28. The molecule has 0 heterocycles. The first-order chi connectivity index (χ1) is 17.8. The average Bonchev–Trinajstić information content (AvgIpc) is 2.91. The molecular formula is C27H37BrCl2O7. The van der Waals surface area contributed by atoms with E-state index in [0.717, 1.165) is 16.5 Å². The van der Waals surface area contributed by atoms with Crippen LogP contribution in [0.3, 0.4) is 0 Å². The van der Waals surface area contributed by atoms with Gasteiger partial charge in [0, 0.05) is 5.33 Å². The summed E-state index contributed by atoms with van der Waals surface area (Å²) in [6.07, 6.45) is 0.0175. The van der Waals surface area contributed by atoms with Crippen LogP contribution in [0, 0.1) is 0 Å².